The van der Waals surface area contributed by atoms with Crippen LogP contribution in [0.4, 0.5) is 11.4 Å². The van der Waals surface area contributed by atoms with E-state index >= 15 is 0 Å². The lowest BCUT2D eigenvalue weighted by Crippen LogP contribution is -2.26. The largest absolute Gasteiger partial charge is 0.480 e. The van der Waals surface area contributed by atoms with Crippen LogP contribution >= 0.6 is 0 Å². The minimum absolute atomic E-state index is 0.0690. The van der Waals surface area contributed by atoms with Crippen molar-refractivity contribution >= 4 is 23.3 Å². The van der Waals surface area contributed by atoms with E-state index in [0.29, 0.717) is 13.0 Å². The quantitative estimate of drug-likeness (QED) is 0.920. The molecule has 0 unspecified atom stereocenters. The molecule has 0 radical (unpaired) electrons. The van der Waals surface area contributed by atoms with Gasteiger partial charge >= 0.3 is 5.97 Å². The van der Waals surface area contributed by atoms with E-state index < -0.39 is 5.97 Å². The summed E-state index contributed by atoms with van der Waals surface area (Å²) in [6.07, 6.45) is 0.358. The number of carboxylic acids is 1. The average Bonchev–Trinajstić information content (AvgIpc) is 2.83. The molecule has 1 amide bonds. The number of likely N-dealkylation sites (N-methyl/N-ethyl adjacent to an activating group) is 1. The first-order valence-corrected chi connectivity index (χ1v) is 7.45. The van der Waals surface area contributed by atoms with Crippen molar-refractivity contribution in [2.45, 2.75) is 13.0 Å². The number of carbonyl (C=O) groups is 2. The highest BCUT2D eigenvalue weighted by Crippen LogP contribution is 2.33. The maximum atomic E-state index is 12.3. The number of nitrogens with zero attached hydrogens (tertiary/aromatic N) is 2. The fourth-order valence-corrected chi connectivity index (χ4v) is 2.84. The standard InChI is InChI=1S/C18H18N2O3/c1-19(12-18(22)23)15-7-8-16-14(9-15)10-17(21)20(16)11-13-5-3-2-4-6-13/h2-9H,10-12H2,1H3,(H,22,23). The summed E-state index contributed by atoms with van der Waals surface area (Å²) in [7, 11) is 1.73. The van der Waals surface area contributed by atoms with Crippen LogP contribution < -0.4 is 9.80 Å². The molecule has 0 spiro atoms. The van der Waals surface area contributed by atoms with E-state index in [-0.39, 0.29) is 12.5 Å². The van der Waals surface area contributed by atoms with E-state index in [1.165, 1.54) is 0 Å². The number of rotatable bonds is 5. The molecule has 0 saturated heterocycles. The summed E-state index contributed by atoms with van der Waals surface area (Å²) in [5.41, 5.74) is 3.74. The molecule has 0 bridgehead atoms. The number of benzene rings is 2. The molecule has 5 nitrogen and oxygen atoms in total. The third-order valence-electron chi connectivity index (χ3n) is 3.99. The van der Waals surface area contributed by atoms with Crippen molar-refractivity contribution < 1.29 is 14.7 Å². The molecule has 0 aliphatic carbocycles. The number of aliphatic carboxylic acids is 1. The number of carbonyl (C=O) groups excluding carboxylic acids is 1. The van der Waals surface area contributed by atoms with Crippen LogP contribution in [-0.4, -0.2) is 30.6 Å². The van der Waals surface area contributed by atoms with Crippen LogP contribution in [0.1, 0.15) is 11.1 Å². The lowest BCUT2D eigenvalue weighted by atomic mass is 10.1. The van der Waals surface area contributed by atoms with Crippen LogP contribution in [0.5, 0.6) is 0 Å². The minimum atomic E-state index is -0.880. The Labute approximate surface area is 134 Å². The van der Waals surface area contributed by atoms with Gasteiger partial charge in [-0.3, -0.25) is 9.59 Å². The van der Waals surface area contributed by atoms with E-state index in [2.05, 4.69) is 0 Å². The number of amides is 1. The Morgan fingerprint density at radius 3 is 2.65 bits per heavy atom. The van der Waals surface area contributed by atoms with Gasteiger partial charge in [0.1, 0.15) is 6.54 Å². The molecule has 5 heteroatoms. The molecule has 23 heavy (non-hydrogen) atoms. The van der Waals surface area contributed by atoms with Gasteiger partial charge in [0, 0.05) is 18.4 Å². The monoisotopic (exact) mass is 310 g/mol. The normalized spacial score (nSPS) is 13.1. The SMILES string of the molecule is CN(CC(=O)O)c1ccc2c(c1)CC(=O)N2Cc1ccccc1. The zero-order chi connectivity index (χ0) is 16.4. The van der Waals surface area contributed by atoms with Gasteiger partial charge in [-0.1, -0.05) is 30.3 Å². The van der Waals surface area contributed by atoms with E-state index in [1.54, 1.807) is 16.8 Å². The summed E-state index contributed by atoms with van der Waals surface area (Å²) in [6, 6.07) is 15.5. The highest BCUT2D eigenvalue weighted by molar-refractivity contribution is 6.01. The second-order valence-electron chi connectivity index (χ2n) is 5.71. The molecule has 0 saturated carbocycles. The number of fused-ring (bicyclic) bond motifs is 1. The summed E-state index contributed by atoms with van der Waals surface area (Å²) in [6.45, 7) is 0.484. The Morgan fingerprint density at radius 2 is 1.96 bits per heavy atom. The maximum absolute atomic E-state index is 12.3. The van der Waals surface area contributed by atoms with Crippen molar-refractivity contribution in [3.63, 3.8) is 0 Å². The molecule has 1 heterocycles. The first kappa shape index (κ1) is 15.1. The third kappa shape index (κ3) is 3.18. The summed E-state index contributed by atoms with van der Waals surface area (Å²) >= 11 is 0. The molecular weight excluding hydrogens is 292 g/mol. The highest BCUT2D eigenvalue weighted by atomic mass is 16.4. The third-order valence-corrected chi connectivity index (χ3v) is 3.99. The fraction of sp³-hybridized carbons (Fsp3) is 0.222. The Hall–Kier alpha value is -2.82. The highest BCUT2D eigenvalue weighted by Gasteiger charge is 2.27. The Balaban J connectivity index is 1.84. The number of hydrogen-bond acceptors (Lipinski definition) is 3. The van der Waals surface area contributed by atoms with Crippen molar-refractivity contribution in [2.24, 2.45) is 0 Å². The summed E-state index contributed by atoms with van der Waals surface area (Å²) in [5.74, 6) is -0.809. The fourth-order valence-electron chi connectivity index (χ4n) is 2.84. The van der Waals surface area contributed by atoms with Crippen molar-refractivity contribution in [3.05, 3.63) is 59.7 Å². The predicted molar refractivity (Wildman–Crippen MR) is 88.7 cm³/mol. The molecule has 2 aromatic rings. The van der Waals surface area contributed by atoms with Gasteiger partial charge in [-0.15, -0.1) is 0 Å². The summed E-state index contributed by atoms with van der Waals surface area (Å²) in [4.78, 5) is 26.6. The first-order chi connectivity index (χ1) is 11.0. The number of anilines is 2. The van der Waals surface area contributed by atoms with Gasteiger partial charge < -0.3 is 14.9 Å². The van der Waals surface area contributed by atoms with Gasteiger partial charge in [0.15, 0.2) is 0 Å². The summed E-state index contributed by atoms with van der Waals surface area (Å²) < 4.78 is 0. The average molecular weight is 310 g/mol. The zero-order valence-corrected chi connectivity index (χ0v) is 12.9. The molecule has 118 valence electrons. The lowest BCUT2D eigenvalue weighted by Gasteiger charge is -2.20. The van der Waals surface area contributed by atoms with E-state index in [0.717, 1.165) is 22.5 Å². The van der Waals surface area contributed by atoms with Crippen molar-refractivity contribution in [1.82, 2.24) is 0 Å². The van der Waals surface area contributed by atoms with Crippen LogP contribution in [0, 0.1) is 0 Å². The van der Waals surface area contributed by atoms with Gasteiger partial charge in [-0.05, 0) is 29.3 Å². The maximum Gasteiger partial charge on any atom is 0.323 e. The van der Waals surface area contributed by atoms with Gasteiger partial charge in [0.2, 0.25) is 5.91 Å². The van der Waals surface area contributed by atoms with Crippen LogP contribution in [0.25, 0.3) is 0 Å². The van der Waals surface area contributed by atoms with E-state index in [1.807, 2.05) is 48.5 Å². The smallest absolute Gasteiger partial charge is 0.323 e. The predicted octanol–water partition coefficient (Wildman–Crippen LogP) is 2.30. The second-order valence-corrected chi connectivity index (χ2v) is 5.71. The molecule has 1 aliphatic rings. The minimum Gasteiger partial charge on any atom is -0.480 e. The van der Waals surface area contributed by atoms with Crippen molar-refractivity contribution in [3.8, 4) is 0 Å². The first-order valence-electron chi connectivity index (χ1n) is 7.45. The number of carboxylic acid groups (broad SMARTS) is 1. The second kappa shape index (κ2) is 6.12. The van der Waals surface area contributed by atoms with E-state index in [9.17, 15) is 9.59 Å². The van der Waals surface area contributed by atoms with Crippen molar-refractivity contribution in [1.29, 1.82) is 0 Å². The summed E-state index contributed by atoms with van der Waals surface area (Å²) in [5, 5.41) is 8.88. The van der Waals surface area contributed by atoms with Gasteiger partial charge in [0.25, 0.3) is 0 Å². The van der Waals surface area contributed by atoms with E-state index in [4.69, 9.17) is 5.11 Å². The Kier molecular flexibility index (Phi) is 4.02. The van der Waals surface area contributed by atoms with Crippen LogP contribution in [0.15, 0.2) is 48.5 Å². The van der Waals surface area contributed by atoms with Gasteiger partial charge in [-0.2, -0.15) is 0 Å². The number of hydrogen-bond donors (Lipinski definition) is 1. The van der Waals surface area contributed by atoms with Crippen LogP contribution in [0.2, 0.25) is 0 Å². The zero-order valence-electron chi connectivity index (χ0n) is 12.9. The Morgan fingerprint density at radius 1 is 1.22 bits per heavy atom. The molecule has 1 aliphatic heterocycles. The van der Waals surface area contributed by atoms with Gasteiger partial charge in [-0.25, -0.2) is 0 Å². The molecule has 0 fully saturated rings. The molecule has 1 N–H and O–H groups in total. The lowest BCUT2D eigenvalue weighted by molar-refractivity contribution is -0.135. The van der Waals surface area contributed by atoms with Crippen LogP contribution in [0.3, 0.4) is 0 Å². The Bertz CT molecular complexity index is 743. The molecular formula is C18H18N2O3. The molecule has 0 aromatic heterocycles. The van der Waals surface area contributed by atoms with Crippen LogP contribution in [-0.2, 0) is 22.6 Å². The molecule has 3 rings (SSSR count). The topological polar surface area (TPSA) is 60.9 Å². The molecule has 2 aromatic carbocycles. The molecule has 0 atom stereocenters. The van der Waals surface area contributed by atoms with Crippen molar-refractivity contribution in [2.75, 3.05) is 23.4 Å². The van der Waals surface area contributed by atoms with Gasteiger partial charge in [0.05, 0.1) is 13.0 Å².